The molecule has 1 saturated heterocycles. The van der Waals surface area contributed by atoms with Crippen molar-refractivity contribution >= 4 is 24.2 Å². The lowest BCUT2D eigenvalue weighted by Gasteiger charge is -2.63. The quantitative estimate of drug-likeness (QED) is 0.408. The largest absolute Gasteiger partial charge is 0.390 e. The number of nitriles is 1. The average Bonchev–Trinajstić information content (AvgIpc) is 3.47. The third-order valence-electron chi connectivity index (χ3n) is 12.7. The molecular formula is C30H43ClN4O4. The van der Waals surface area contributed by atoms with Gasteiger partial charge in [-0.15, -0.1) is 12.4 Å². The summed E-state index contributed by atoms with van der Waals surface area (Å²) in [5.74, 6) is 1.58. The van der Waals surface area contributed by atoms with Crippen LogP contribution in [0, 0.1) is 51.8 Å². The number of fused-ring (bicyclic) bond motifs is 1. The van der Waals surface area contributed by atoms with Crippen LogP contribution >= 0.6 is 12.4 Å². The first-order valence-corrected chi connectivity index (χ1v) is 15.2. The van der Waals surface area contributed by atoms with Gasteiger partial charge in [0.15, 0.2) is 0 Å². The fourth-order valence-electron chi connectivity index (χ4n) is 12.3. The fraction of sp³-hybridized carbons (Fsp3) is 0.900. The molecule has 0 aromatic heterocycles. The number of nitrogens with one attached hydrogen (secondary N) is 1. The molecule has 0 spiro atoms. The van der Waals surface area contributed by atoms with Crippen molar-refractivity contribution in [1.82, 2.24) is 10.2 Å². The van der Waals surface area contributed by atoms with Gasteiger partial charge in [0.05, 0.1) is 23.3 Å². The van der Waals surface area contributed by atoms with Crippen molar-refractivity contribution in [3.8, 4) is 6.07 Å². The number of likely N-dealkylation sites (tertiary alicyclic amines) is 1. The van der Waals surface area contributed by atoms with Crippen molar-refractivity contribution in [3.63, 3.8) is 0 Å². The number of halogens is 1. The van der Waals surface area contributed by atoms with E-state index >= 15 is 0 Å². The molecule has 10 rings (SSSR count). The maximum absolute atomic E-state index is 14.4. The molecule has 8 nitrogen and oxygen atoms in total. The summed E-state index contributed by atoms with van der Waals surface area (Å²) in [4.78, 5) is 30.3. The lowest BCUT2D eigenvalue weighted by molar-refractivity contribution is -0.185. The topological polar surface area (TPSA) is 140 Å². The Kier molecular flexibility index (Phi) is 5.66. The third kappa shape index (κ3) is 3.86. The molecule has 1 aliphatic heterocycles. The number of hydrogen-bond acceptors (Lipinski definition) is 6. The molecule has 10 aliphatic rings. The second-order valence-corrected chi connectivity index (χ2v) is 15.7. The van der Waals surface area contributed by atoms with E-state index in [1.165, 1.54) is 0 Å². The highest BCUT2D eigenvalue weighted by Gasteiger charge is 2.65. The molecule has 9 aliphatic carbocycles. The van der Waals surface area contributed by atoms with Crippen molar-refractivity contribution in [2.75, 3.05) is 0 Å². The first-order valence-electron chi connectivity index (χ1n) is 15.2. The van der Waals surface area contributed by atoms with E-state index in [1.807, 2.05) is 0 Å². The Labute approximate surface area is 236 Å². The van der Waals surface area contributed by atoms with Gasteiger partial charge in [0, 0.05) is 11.5 Å². The van der Waals surface area contributed by atoms with E-state index in [0.717, 1.165) is 77.0 Å². The predicted octanol–water partition coefficient (Wildman–Crippen LogP) is 2.40. The number of piperidine rings is 1. The first kappa shape index (κ1) is 26.5. The zero-order chi connectivity index (χ0) is 26.2. The Morgan fingerprint density at radius 1 is 0.846 bits per heavy atom. The number of hydrogen-bond donors (Lipinski definition) is 4. The molecule has 214 valence electrons. The lowest BCUT2D eigenvalue weighted by Crippen LogP contribution is -2.69. The van der Waals surface area contributed by atoms with Gasteiger partial charge in [0.2, 0.25) is 11.8 Å². The van der Waals surface area contributed by atoms with Gasteiger partial charge in [0.25, 0.3) is 0 Å². The van der Waals surface area contributed by atoms with Gasteiger partial charge < -0.3 is 26.2 Å². The highest BCUT2D eigenvalue weighted by Crippen LogP contribution is 2.64. The molecule has 0 aromatic rings. The number of aliphatic hydroxyl groups is 2. The van der Waals surface area contributed by atoms with E-state index in [9.17, 15) is 25.1 Å². The van der Waals surface area contributed by atoms with Crippen LogP contribution in [0.15, 0.2) is 0 Å². The minimum Gasteiger partial charge on any atom is -0.390 e. The summed E-state index contributed by atoms with van der Waals surface area (Å²) in [5.41, 5.74) is 4.45. The molecule has 4 unspecified atom stereocenters. The molecule has 0 radical (unpaired) electrons. The second kappa shape index (κ2) is 8.33. The Balaban J connectivity index is 0.00000253. The van der Waals surface area contributed by atoms with Gasteiger partial charge in [-0.05, 0) is 125 Å². The Bertz CT molecular complexity index is 1110. The van der Waals surface area contributed by atoms with E-state index in [-0.39, 0.29) is 30.3 Å². The molecule has 9 atom stereocenters. The van der Waals surface area contributed by atoms with Crippen molar-refractivity contribution < 1.29 is 19.8 Å². The summed E-state index contributed by atoms with van der Waals surface area (Å²) in [6.07, 6.45) is 11.6. The molecule has 8 bridgehead atoms. The minimum absolute atomic E-state index is 0. The highest BCUT2D eigenvalue weighted by molar-refractivity contribution is 5.92. The SMILES string of the molecule is Cl.N#C[C@@H]1C[C@@H]2C[C@@H]2N1C(=O)[C@@H](NC(=O)[C@@H](N)C12CC3CC(CC(O)(C3)C1)C2)C12CC3CC(CC(O)(C3)C1)C2. The van der Waals surface area contributed by atoms with Gasteiger partial charge in [-0.25, -0.2) is 0 Å². The maximum Gasteiger partial charge on any atom is 0.247 e. The van der Waals surface area contributed by atoms with Crippen LogP contribution in [-0.4, -0.2) is 62.3 Å². The smallest absolute Gasteiger partial charge is 0.247 e. The fourth-order valence-corrected chi connectivity index (χ4v) is 12.3. The third-order valence-corrected chi connectivity index (χ3v) is 12.7. The van der Waals surface area contributed by atoms with Crippen LogP contribution in [0.3, 0.4) is 0 Å². The molecular weight excluding hydrogens is 516 g/mol. The number of carbonyl (C=O) groups excluding carboxylic acids is 2. The Hall–Kier alpha value is -1.40. The molecule has 2 amide bonds. The van der Waals surface area contributed by atoms with Crippen LogP contribution in [0.1, 0.15) is 89.9 Å². The zero-order valence-corrected chi connectivity index (χ0v) is 23.5. The summed E-state index contributed by atoms with van der Waals surface area (Å²) in [7, 11) is 0. The maximum atomic E-state index is 14.4. The van der Waals surface area contributed by atoms with Crippen molar-refractivity contribution in [2.24, 2.45) is 46.2 Å². The van der Waals surface area contributed by atoms with E-state index in [4.69, 9.17) is 5.73 Å². The van der Waals surface area contributed by atoms with Crippen LogP contribution in [0.25, 0.3) is 0 Å². The second-order valence-electron chi connectivity index (χ2n) is 15.7. The molecule has 0 aromatic carbocycles. The summed E-state index contributed by atoms with van der Waals surface area (Å²) in [6.45, 7) is 0. The molecule has 10 fully saturated rings. The number of rotatable bonds is 5. The minimum atomic E-state index is -0.772. The van der Waals surface area contributed by atoms with Crippen molar-refractivity contribution in [2.45, 2.75) is 125 Å². The lowest BCUT2D eigenvalue weighted by atomic mass is 9.45. The first-order chi connectivity index (χ1) is 18.0. The molecule has 5 N–H and O–H groups in total. The number of carbonyl (C=O) groups is 2. The normalized spacial score (nSPS) is 53.0. The van der Waals surface area contributed by atoms with Gasteiger partial charge >= 0.3 is 0 Å². The Morgan fingerprint density at radius 3 is 1.87 bits per heavy atom. The molecule has 9 saturated carbocycles. The van der Waals surface area contributed by atoms with Crippen LogP contribution in [0.5, 0.6) is 0 Å². The van der Waals surface area contributed by atoms with Crippen LogP contribution < -0.4 is 11.1 Å². The zero-order valence-electron chi connectivity index (χ0n) is 22.7. The summed E-state index contributed by atoms with van der Waals surface area (Å²) in [6, 6.07) is 0.491. The van der Waals surface area contributed by atoms with Crippen molar-refractivity contribution in [3.05, 3.63) is 0 Å². The van der Waals surface area contributed by atoms with Crippen molar-refractivity contribution in [1.29, 1.82) is 5.26 Å². The molecule has 1 heterocycles. The van der Waals surface area contributed by atoms with E-state index in [2.05, 4.69) is 11.4 Å². The molecule has 39 heavy (non-hydrogen) atoms. The van der Waals surface area contributed by atoms with E-state index < -0.39 is 40.2 Å². The number of nitrogens with zero attached hydrogens (tertiary/aromatic N) is 2. The Morgan fingerprint density at radius 2 is 1.36 bits per heavy atom. The summed E-state index contributed by atoms with van der Waals surface area (Å²) >= 11 is 0. The molecule has 9 heteroatoms. The number of nitrogens with two attached hydrogens (primary N) is 1. The summed E-state index contributed by atoms with van der Waals surface area (Å²) < 4.78 is 0. The van der Waals surface area contributed by atoms with Crippen LogP contribution in [0.2, 0.25) is 0 Å². The number of amides is 2. The van der Waals surface area contributed by atoms with Crippen LogP contribution in [-0.2, 0) is 9.59 Å². The van der Waals surface area contributed by atoms with Crippen LogP contribution in [0.4, 0.5) is 0 Å². The van der Waals surface area contributed by atoms with E-state index in [0.29, 0.717) is 42.4 Å². The monoisotopic (exact) mass is 558 g/mol. The van der Waals surface area contributed by atoms with Gasteiger partial charge in [-0.1, -0.05) is 0 Å². The van der Waals surface area contributed by atoms with Gasteiger partial charge in [-0.3, -0.25) is 9.59 Å². The highest BCUT2D eigenvalue weighted by atomic mass is 35.5. The van der Waals surface area contributed by atoms with E-state index in [1.54, 1.807) is 4.90 Å². The summed E-state index contributed by atoms with van der Waals surface area (Å²) in [5, 5.41) is 35.9. The van der Waals surface area contributed by atoms with Gasteiger partial charge in [-0.2, -0.15) is 5.26 Å². The van der Waals surface area contributed by atoms with Gasteiger partial charge in [0.1, 0.15) is 12.1 Å². The average molecular weight is 559 g/mol. The predicted molar refractivity (Wildman–Crippen MR) is 144 cm³/mol. The standard InChI is InChI=1S/C30H42N4O4.ClH/c31-13-21-3-20-4-22(20)34(21)26(36)24(28-7-18-2-19(8-28)12-30(38,11-18)15-28)33-25(35)23(32)27-5-16-1-17(6-27)10-29(37,9-16)14-27;/h16-24,37-38H,1-12,14-15,32H2,(H,33,35);1H/t16?,17?,18?,19?,20-,21+,22+,23-,24-,27?,28?,29?,30?;/m1./s1.